The van der Waals surface area contributed by atoms with Gasteiger partial charge < -0.3 is 18.8 Å². The molecule has 59 heavy (non-hydrogen) atoms. The van der Waals surface area contributed by atoms with Crippen LogP contribution in [0.1, 0.15) is 192 Å². The van der Waals surface area contributed by atoms with E-state index >= 15 is 0 Å². The van der Waals surface area contributed by atoms with Crippen LogP contribution in [0.2, 0.25) is 0 Å². The van der Waals surface area contributed by atoms with Gasteiger partial charge in [-0.2, -0.15) is 0 Å². The number of hydrogen-bond acceptors (Lipinski definition) is 1. The second-order valence-corrected chi connectivity index (χ2v) is 17.9. The fourth-order valence-electron chi connectivity index (χ4n) is 9.84. The van der Waals surface area contributed by atoms with E-state index < -0.39 is 5.60 Å². The molecule has 0 spiro atoms. The minimum absolute atomic E-state index is 0.964. The van der Waals surface area contributed by atoms with Crippen molar-refractivity contribution in [3.05, 3.63) is 108 Å². The average Bonchev–Trinajstić information content (AvgIpc) is 3.96. The topological polar surface area (TPSA) is 35.0 Å². The van der Waals surface area contributed by atoms with Crippen LogP contribution in [-0.4, -0.2) is 18.8 Å². The molecule has 3 heterocycles. The maximum Gasteiger partial charge on any atom is 0.146 e. The summed E-state index contributed by atoms with van der Waals surface area (Å²) in [6, 6.07) is 26.5. The average molecular weight is 798 g/mol. The molecule has 0 aliphatic rings. The summed E-state index contributed by atoms with van der Waals surface area (Å²) in [5, 5.41) is 17.6. The summed E-state index contributed by atoms with van der Waals surface area (Å²) >= 11 is 0. The Hall–Kier alpha value is -3.76. The molecule has 4 heteroatoms. The van der Waals surface area contributed by atoms with Crippen LogP contribution in [0.4, 0.5) is 0 Å². The Morgan fingerprint density at radius 1 is 0.339 bits per heavy atom. The lowest BCUT2D eigenvalue weighted by atomic mass is 9.80. The predicted octanol–water partition coefficient (Wildman–Crippen LogP) is 16.3. The van der Waals surface area contributed by atoms with Gasteiger partial charge in [-0.3, -0.25) is 0 Å². The Bertz CT molecular complexity index is 1860. The quantitative estimate of drug-likeness (QED) is 0.0453. The third-order valence-corrected chi connectivity index (χ3v) is 13.3. The summed E-state index contributed by atoms with van der Waals surface area (Å²) in [5.41, 5.74) is 5.28. The van der Waals surface area contributed by atoms with Gasteiger partial charge in [-0.25, -0.2) is 0 Å². The highest BCUT2D eigenvalue weighted by Crippen LogP contribution is 2.47. The number of unbranched alkanes of at least 4 members (excludes halogenated alkanes) is 21. The molecule has 6 rings (SSSR count). The van der Waals surface area contributed by atoms with Crippen molar-refractivity contribution < 1.29 is 5.11 Å². The Balaban J connectivity index is 1.36. The first-order valence-corrected chi connectivity index (χ1v) is 24.6. The summed E-state index contributed by atoms with van der Waals surface area (Å²) in [4.78, 5) is 0. The molecule has 0 saturated heterocycles. The lowest BCUT2D eigenvalue weighted by molar-refractivity contribution is 0.129. The van der Waals surface area contributed by atoms with Crippen LogP contribution < -0.4 is 0 Å². The van der Waals surface area contributed by atoms with E-state index in [4.69, 9.17) is 0 Å². The second kappa shape index (κ2) is 23.9. The Morgan fingerprint density at radius 3 is 0.847 bits per heavy atom. The van der Waals surface area contributed by atoms with Crippen LogP contribution in [0.5, 0.6) is 0 Å². The van der Waals surface area contributed by atoms with E-state index in [0.717, 1.165) is 71.7 Å². The number of nitrogens with zero attached hydrogens (tertiary/aromatic N) is 3. The molecule has 0 aliphatic carbocycles. The maximum absolute atomic E-state index is 14.2. The molecule has 0 saturated carbocycles. The largest absolute Gasteiger partial charge is 0.376 e. The molecule has 0 fully saturated rings. The molecular formula is C55H79N3O. The number of fused-ring (bicyclic) bond motifs is 3. The summed E-state index contributed by atoms with van der Waals surface area (Å²) < 4.78 is 7.35. The first-order valence-electron chi connectivity index (χ1n) is 24.6. The molecule has 0 aliphatic heterocycles. The van der Waals surface area contributed by atoms with Gasteiger partial charge in [0.05, 0.1) is 0 Å². The van der Waals surface area contributed by atoms with Crippen LogP contribution in [0.25, 0.3) is 32.7 Å². The number of rotatable bonds is 30. The lowest BCUT2D eigenvalue weighted by Crippen LogP contribution is -2.28. The number of aryl methyl sites for hydroxylation is 3. The smallest absolute Gasteiger partial charge is 0.146 e. The maximum atomic E-state index is 14.2. The highest BCUT2D eigenvalue weighted by atomic mass is 16.3. The fraction of sp³-hybridized carbons (Fsp3) is 0.564. The van der Waals surface area contributed by atoms with Gasteiger partial charge >= 0.3 is 0 Å². The van der Waals surface area contributed by atoms with Gasteiger partial charge in [0, 0.05) is 87.6 Å². The van der Waals surface area contributed by atoms with Crippen molar-refractivity contribution in [2.24, 2.45) is 0 Å². The summed E-state index contributed by atoms with van der Waals surface area (Å²) in [5.74, 6) is 0. The molecule has 3 aromatic carbocycles. The monoisotopic (exact) mass is 798 g/mol. The van der Waals surface area contributed by atoms with Crippen molar-refractivity contribution in [3.8, 4) is 0 Å². The first-order chi connectivity index (χ1) is 29.1. The number of hydrogen-bond donors (Lipinski definition) is 1. The van der Waals surface area contributed by atoms with Crippen molar-refractivity contribution in [2.75, 3.05) is 0 Å². The van der Waals surface area contributed by atoms with E-state index in [-0.39, 0.29) is 0 Å². The highest BCUT2D eigenvalue weighted by Gasteiger charge is 2.41. The minimum atomic E-state index is -1.36. The normalized spacial score (nSPS) is 12.2. The van der Waals surface area contributed by atoms with Crippen molar-refractivity contribution in [3.63, 3.8) is 0 Å². The van der Waals surface area contributed by atoms with Crippen molar-refractivity contribution in [1.29, 1.82) is 0 Å². The van der Waals surface area contributed by atoms with Gasteiger partial charge in [-0.05, 0) is 37.5 Å². The molecule has 0 radical (unpaired) electrons. The van der Waals surface area contributed by atoms with Crippen LogP contribution in [0, 0.1) is 0 Å². The zero-order chi connectivity index (χ0) is 41.1. The van der Waals surface area contributed by atoms with Crippen molar-refractivity contribution in [1.82, 2.24) is 13.7 Å². The molecule has 0 atom stereocenters. The first kappa shape index (κ1) is 44.8. The molecular weight excluding hydrogens is 719 g/mol. The highest BCUT2D eigenvalue weighted by molar-refractivity contribution is 5.94. The van der Waals surface area contributed by atoms with E-state index in [1.807, 2.05) is 0 Å². The zero-order valence-electron chi connectivity index (χ0n) is 37.5. The Morgan fingerprint density at radius 2 is 0.576 bits per heavy atom. The molecule has 0 bridgehead atoms. The van der Waals surface area contributed by atoms with Crippen LogP contribution in [0.15, 0.2) is 91.4 Å². The Labute approximate surface area is 358 Å². The number of benzene rings is 3. The van der Waals surface area contributed by atoms with Crippen LogP contribution in [0.3, 0.4) is 0 Å². The molecule has 1 N–H and O–H groups in total. The number of para-hydroxylation sites is 3. The third kappa shape index (κ3) is 11.5. The van der Waals surface area contributed by atoms with Gasteiger partial charge in [0.1, 0.15) is 5.60 Å². The second-order valence-electron chi connectivity index (χ2n) is 17.9. The van der Waals surface area contributed by atoms with E-state index in [1.165, 1.54) is 151 Å². The van der Waals surface area contributed by atoms with Crippen molar-refractivity contribution >= 4 is 32.7 Å². The van der Waals surface area contributed by atoms with Gasteiger partial charge in [0.2, 0.25) is 0 Å². The van der Waals surface area contributed by atoms with Crippen LogP contribution >= 0.6 is 0 Å². The third-order valence-electron chi connectivity index (χ3n) is 13.3. The summed E-state index contributed by atoms with van der Waals surface area (Å²) in [6.45, 7) is 9.78. The SMILES string of the molecule is CCCCCCCCCCn1cc(C(O)(c2cn(CCCCCCCCCC)c3ccccc23)c2cn(CCCCCCCCCC)c3ccccc23)c2ccccc21. The van der Waals surface area contributed by atoms with Gasteiger partial charge in [-0.15, -0.1) is 0 Å². The molecule has 0 unspecified atom stereocenters. The van der Waals surface area contributed by atoms with Crippen molar-refractivity contribution in [2.45, 2.75) is 200 Å². The summed E-state index contributed by atoms with van der Waals surface area (Å²) in [7, 11) is 0. The van der Waals surface area contributed by atoms with Gasteiger partial charge in [0.25, 0.3) is 0 Å². The zero-order valence-corrected chi connectivity index (χ0v) is 37.5. The Kier molecular flexibility index (Phi) is 18.1. The van der Waals surface area contributed by atoms with E-state index in [2.05, 4.69) is 126 Å². The van der Waals surface area contributed by atoms with E-state index in [0.29, 0.717) is 0 Å². The van der Waals surface area contributed by atoms with Gasteiger partial charge in [0.15, 0.2) is 0 Å². The predicted molar refractivity (Wildman–Crippen MR) is 256 cm³/mol. The van der Waals surface area contributed by atoms with E-state index in [9.17, 15) is 5.11 Å². The van der Waals surface area contributed by atoms with Gasteiger partial charge in [-0.1, -0.05) is 210 Å². The standard InChI is InChI=1S/C55H79N3O/c1-4-7-10-13-16-19-22-31-40-56-43-49(46-34-25-28-37-52(46)56)55(59,50-44-57(53-38-29-26-35-47(50)53)41-32-23-20-17-14-11-8-5-2)51-45-58(54-39-30-27-36-48(51)54)42-33-24-21-18-15-12-9-6-3/h25-30,34-39,43-45,59H,4-24,31-33,40-42H2,1-3H3. The fourth-order valence-corrected chi connectivity index (χ4v) is 9.84. The molecule has 6 aromatic rings. The number of aromatic nitrogens is 3. The van der Waals surface area contributed by atoms with Crippen LogP contribution in [-0.2, 0) is 25.2 Å². The molecule has 3 aromatic heterocycles. The van der Waals surface area contributed by atoms with E-state index in [1.54, 1.807) is 0 Å². The minimum Gasteiger partial charge on any atom is -0.376 e. The molecule has 0 amide bonds. The summed E-state index contributed by atoms with van der Waals surface area (Å²) in [6.07, 6.45) is 38.2. The molecule has 4 nitrogen and oxygen atoms in total. The lowest BCUT2D eigenvalue weighted by Gasteiger charge is -2.28. The number of aliphatic hydroxyl groups is 1. The molecule has 320 valence electrons.